The number of nitrogens with zero attached hydrogens (tertiary/aromatic N) is 1. The Morgan fingerprint density at radius 1 is 1.14 bits per heavy atom. The summed E-state index contributed by atoms with van der Waals surface area (Å²) in [4.78, 5) is 38.6. The van der Waals surface area contributed by atoms with Crippen molar-refractivity contribution in [1.29, 1.82) is 0 Å². The summed E-state index contributed by atoms with van der Waals surface area (Å²) < 4.78 is 10.5. The van der Waals surface area contributed by atoms with Crippen molar-refractivity contribution in [3.63, 3.8) is 0 Å². The number of ether oxygens (including phenoxy) is 1. The molecule has 1 aliphatic rings. The number of hydrogen-bond donors (Lipinski definition) is 0. The number of halogens is 1. The summed E-state index contributed by atoms with van der Waals surface area (Å²) in [7, 11) is 0. The van der Waals surface area contributed by atoms with Crippen molar-refractivity contribution in [2.24, 2.45) is 0 Å². The first kappa shape index (κ1) is 18.3. The molecule has 2 heterocycles. The molecule has 0 atom stereocenters. The minimum Gasteiger partial charge on any atom is -0.450 e. The zero-order valence-electron chi connectivity index (χ0n) is 14.8. The Balaban J connectivity index is 1.49. The molecule has 142 valence electrons. The van der Waals surface area contributed by atoms with Crippen LogP contribution in [-0.4, -0.2) is 25.0 Å². The second-order valence-corrected chi connectivity index (χ2v) is 6.91. The molecule has 0 bridgehead atoms. The van der Waals surface area contributed by atoms with Crippen LogP contribution in [-0.2, 0) is 16.0 Å². The van der Waals surface area contributed by atoms with Gasteiger partial charge in [0.1, 0.15) is 5.58 Å². The third-order valence-electron chi connectivity index (χ3n) is 4.63. The van der Waals surface area contributed by atoms with Gasteiger partial charge < -0.3 is 14.1 Å². The number of carbonyl (C=O) groups is 2. The van der Waals surface area contributed by atoms with E-state index >= 15 is 0 Å². The molecule has 0 radical (unpaired) electrons. The monoisotopic (exact) mass is 397 g/mol. The van der Waals surface area contributed by atoms with Crippen LogP contribution in [0, 0.1) is 0 Å². The number of aryl methyl sites for hydroxylation is 1. The molecule has 0 saturated heterocycles. The summed E-state index contributed by atoms with van der Waals surface area (Å²) in [5.41, 5.74) is 1.74. The zero-order chi connectivity index (χ0) is 19.7. The van der Waals surface area contributed by atoms with Crippen LogP contribution in [0.3, 0.4) is 0 Å². The highest BCUT2D eigenvalue weighted by molar-refractivity contribution is 6.31. The van der Waals surface area contributed by atoms with Gasteiger partial charge in [0.25, 0.3) is 5.91 Å². The molecular weight excluding hydrogens is 382 g/mol. The van der Waals surface area contributed by atoms with Crippen LogP contribution in [0.15, 0.2) is 57.7 Å². The fourth-order valence-electron chi connectivity index (χ4n) is 3.30. The van der Waals surface area contributed by atoms with Gasteiger partial charge in [0, 0.05) is 23.3 Å². The van der Waals surface area contributed by atoms with Crippen LogP contribution in [0.2, 0.25) is 5.02 Å². The number of para-hydroxylation sites is 1. The van der Waals surface area contributed by atoms with E-state index in [1.54, 1.807) is 11.0 Å². The number of esters is 1. The lowest BCUT2D eigenvalue weighted by atomic mass is 10.0. The standard InChI is InChI=1S/C21H16ClNO5/c22-14-7-8-18-15(10-14)17(24)11-19(28-18)21(26)27-12-20(25)23-9-3-5-13-4-1-2-6-16(13)23/h1-2,4,6-8,10-11H,3,5,9,12H2. The molecule has 0 saturated carbocycles. The van der Waals surface area contributed by atoms with Gasteiger partial charge >= 0.3 is 5.97 Å². The highest BCUT2D eigenvalue weighted by atomic mass is 35.5. The van der Waals surface area contributed by atoms with E-state index < -0.39 is 18.0 Å². The van der Waals surface area contributed by atoms with E-state index in [-0.39, 0.29) is 22.6 Å². The van der Waals surface area contributed by atoms with Crippen molar-refractivity contribution in [1.82, 2.24) is 0 Å². The first-order valence-electron chi connectivity index (χ1n) is 8.82. The number of hydrogen-bond acceptors (Lipinski definition) is 5. The quantitative estimate of drug-likeness (QED) is 0.631. The van der Waals surface area contributed by atoms with E-state index in [2.05, 4.69) is 0 Å². The number of fused-ring (bicyclic) bond motifs is 2. The van der Waals surface area contributed by atoms with Gasteiger partial charge in [-0.15, -0.1) is 0 Å². The van der Waals surface area contributed by atoms with Crippen molar-refractivity contribution < 1.29 is 18.7 Å². The molecule has 3 aromatic rings. The first-order chi connectivity index (χ1) is 13.5. The molecule has 0 unspecified atom stereocenters. The van der Waals surface area contributed by atoms with Gasteiger partial charge in [0.2, 0.25) is 5.76 Å². The average molecular weight is 398 g/mol. The molecule has 0 aliphatic carbocycles. The maximum atomic E-state index is 12.6. The number of rotatable bonds is 3. The van der Waals surface area contributed by atoms with Gasteiger partial charge in [-0.2, -0.15) is 0 Å². The largest absolute Gasteiger partial charge is 0.450 e. The molecule has 0 N–H and O–H groups in total. The van der Waals surface area contributed by atoms with E-state index in [4.69, 9.17) is 20.8 Å². The van der Waals surface area contributed by atoms with E-state index in [0.717, 1.165) is 30.2 Å². The SMILES string of the molecule is O=C(OCC(=O)N1CCCc2ccccc21)c1cc(=O)c2cc(Cl)ccc2o1. The summed E-state index contributed by atoms with van der Waals surface area (Å²) in [5, 5.41) is 0.660. The lowest BCUT2D eigenvalue weighted by molar-refractivity contribution is -0.121. The van der Waals surface area contributed by atoms with Crippen LogP contribution in [0.4, 0.5) is 5.69 Å². The lowest BCUT2D eigenvalue weighted by Gasteiger charge is -2.29. The second-order valence-electron chi connectivity index (χ2n) is 6.47. The Morgan fingerprint density at radius 2 is 1.96 bits per heavy atom. The van der Waals surface area contributed by atoms with Crippen molar-refractivity contribution in [2.75, 3.05) is 18.1 Å². The topological polar surface area (TPSA) is 76.8 Å². The van der Waals surface area contributed by atoms with Gasteiger partial charge in [0.05, 0.1) is 5.39 Å². The third-order valence-corrected chi connectivity index (χ3v) is 4.86. The summed E-state index contributed by atoms with van der Waals surface area (Å²) in [6.45, 7) is 0.134. The minimum atomic E-state index is -0.868. The van der Waals surface area contributed by atoms with Gasteiger partial charge in [-0.05, 0) is 42.7 Å². The maximum Gasteiger partial charge on any atom is 0.374 e. The summed E-state index contributed by atoms with van der Waals surface area (Å²) in [5.74, 6) is -1.45. The third kappa shape index (κ3) is 3.51. The Hall–Kier alpha value is -3.12. The van der Waals surface area contributed by atoms with Gasteiger partial charge in [-0.3, -0.25) is 9.59 Å². The molecular formula is C21H16ClNO5. The van der Waals surface area contributed by atoms with Gasteiger partial charge in [0.15, 0.2) is 12.0 Å². The minimum absolute atomic E-state index is 0.222. The predicted molar refractivity (Wildman–Crippen MR) is 105 cm³/mol. The van der Waals surface area contributed by atoms with E-state index in [9.17, 15) is 14.4 Å². The molecule has 1 amide bonds. The normalized spacial score (nSPS) is 13.2. The van der Waals surface area contributed by atoms with E-state index in [1.807, 2.05) is 24.3 Å². The molecule has 1 aromatic heterocycles. The number of anilines is 1. The van der Waals surface area contributed by atoms with Crippen molar-refractivity contribution >= 4 is 40.1 Å². The molecule has 28 heavy (non-hydrogen) atoms. The van der Waals surface area contributed by atoms with E-state index in [1.165, 1.54) is 12.1 Å². The maximum absolute atomic E-state index is 12.6. The summed E-state index contributed by atoms with van der Waals surface area (Å²) in [6, 6.07) is 13.2. The van der Waals surface area contributed by atoms with Crippen LogP contribution in [0.5, 0.6) is 0 Å². The summed E-state index contributed by atoms with van der Waals surface area (Å²) >= 11 is 5.87. The molecule has 1 aliphatic heterocycles. The number of amides is 1. The smallest absolute Gasteiger partial charge is 0.374 e. The molecule has 0 fully saturated rings. The number of carbonyl (C=O) groups excluding carboxylic acids is 2. The van der Waals surface area contributed by atoms with Crippen LogP contribution in [0.25, 0.3) is 11.0 Å². The van der Waals surface area contributed by atoms with E-state index in [0.29, 0.717) is 11.6 Å². The van der Waals surface area contributed by atoms with Crippen molar-refractivity contribution in [3.8, 4) is 0 Å². The molecule has 4 rings (SSSR count). The average Bonchev–Trinajstić information content (AvgIpc) is 2.71. The van der Waals surface area contributed by atoms with Crippen LogP contribution in [0.1, 0.15) is 22.5 Å². The van der Waals surface area contributed by atoms with Crippen LogP contribution >= 0.6 is 11.6 Å². The highest BCUT2D eigenvalue weighted by Gasteiger charge is 2.24. The fourth-order valence-corrected chi connectivity index (χ4v) is 3.47. The first-order valence-corrected chi connectivity index (χ1v) is 9.19. The summed E-state index contributed by atoms with van der Waals surface area (Å²) in [6.07, 6.45) is 1.75. The Bertz CT molecular complexity index is 1140. The fraction of sp³-hybridized carbons (Fsp3) is 0.190. The predicted octanol–water partition coefficient (Wildman–Crippen LogP) is 3.58. The molecule has 7 heteroatoms. The number of benzene rings is 2. The molecule has 2 aromatic carbocycles. The highest BCUT2D eigenvalue weighted by Crippen LogP contribution is 2.26. The lowest BCUT2D eigenvalue weighted by Crippen LogP contribution is -2.38. The molecule has 0 spiro atoms. The Labute approximate surface area is 165 Å². The van der Waals surface area contributed by atoms with Crippen molar-refractivity contribution in [2.45, 2.75) is 12.8 Å². The van der Waals surface area contributed by atoms with Gasteiger partial charge in [-0.25, -0.2) is 4.79 Å². The van der Waals surface area contributed by atoms with Crippen molar-refractivity contribution in [3.05, 3.63) is 75.1 Å². The molecule has 6 nitrogen and oxygen atoms in total. The Morgan fingerprint density at radius 3 is 2.82 bits per heavy atom. The van der Waals surface area contributed by atoms with Crippen LogP contribution < -0.4 is 10.3 Å². The Kier molecular flexibility index (Phi) is 4.88. The zero-order valence-corrected chi connectivity index (χ0v) is 15.6. The van der Waals surface area contributed by atoms with Gasteiger partial charge in [-0.1, -0.05) is 29.8 Å². The second kappa shape index (κ2) is 7.48.